The summed E-state index contributed by atoms with van der Waals surface area (Å²) in [5.74, 6) is -3.39. The second-order valence-electron chi connectivity index (χ2n) is 16.1. The van der Waals surface area contributed by atoms with Crippen molar-refractivity contribution < 1.29 is 43.3 Å². The molecule has 17 nitrogen and oxygen atoms in total. The predicted octanol–water partition coefficient (Wildman–Crippen LogP) is 3.62. The third kappa shape index (κ3) is 13.2. The van der Waals surface area contributed by atoms with Crippen molar-refractivity contribution in [3.8, 4) is 5.75 Å². The number of amides is 5. The molecule has 0 spiro atoms. The number of allylic oxidation sites excluding steroid dienone is 1. The number of primary amides is 1. The molecule has 1 saturated carbocycles. The number of carbonyl (C=O) groups excluding carboxylic acids is 6. The van der Waals surface area contributed by atoms with Gasteiger partial charge >= 0.3 is 6.09 Å². The van der Waals surface area contributed by atoms with Crippen molar-refractivity contribution >= 4 is 35.5 Å². The molecule has 1 aliphatic carbocycles. The Bertz CT molecular complexity index is 2010. The highest BCUT2D eigenvalue weighted by molar-refractivity contribution is 6.38. The number of alkyl carbamates (subject to hydrolysis) is 1. The van der Waals surface area contributed by atoms with Gasteiger partial charge in [-0.05, 0) is 69.2 Å². The average Bonchev–Trinajstić information content (AvgIpc) is 3.94. The number of hydrogen-bond acceptors (Lipinski definition) is 11. The molecule has 1 aromatic heterocycles. The number of nitrogens with zero attached hydrogens (tertiary/aromatic N) is 4. The van der Waals surface area contributed by atoms with E-state index >= 15 is 0 Å². The fourth-order valence-corrected chi connectivity index (χ4v) is 7.81. The predicted molar refractivity (Wildman–Crippen MR) is 224 cm³/mol. The molecule has 6 N–H and O–H groups in total. The van der Waals surface area contributed by atoms with Crippen LogP contribution in [0.2, 0.25) is 0 Å². The number of Topliss-reactive ketones (excluding diaryl/α,β-unsaturated/α-hetero) is 1. The molecular formula is C44H58N8O9. The maximum Gasteiger partial charge on any atom is 0.407 e. The van der Waals surface area contributed by atoms with E-state index < -0.39 is 65.3 Å². The number of hydrogen-bond donors (Lipinski definition) is 5. The van der Waals surface area contributed by atoms with Crippen LogP contribution in [0.15, 0.2) is 72.9 Å². The van der Waals surface area contributed by atoms with Crippen molar-refractivity contribution in [2.75, 3.05) is 20.2 Å². The van der Waals surface area contributed by atoms with E-state index in [1.54, 1.807) is 44.2 Å². The van der Waals surface area contributed by atoms with Gasteiger partial charge < -0.3 is 41.2 Å². The quantitative estimate of drug-likeness (QED) is 0.0626. The molecule has 1 unspecified atom stereocenters. The number of ketones is 1. The number of aliphatic hydroxyl groups is 1. The summed E-state index contributed by atoms with van der Waals surface area (Å²) in [5, 5.41) is 27.4. The van der Waals surface area contributed by atoms with Crippen LogP contribution in [0.25, 0.3) is 0 Å². The summed E-state index contributed by atoms with van der Waals surface area (Å²) in [6.07, 6.45) is 10.7. The molecule has 328 valence electrons. The zero-order valence-corrected chi connectivity index (χ0v) is 35.1. The Morgan fingerprint density at radius 1 is 1.00 bits per heavy atom. The van der Waals surface area contributed by atoms with Crippen LogP contribution in [0.4, 0.5) is 4.79 Å². The van der Waals surface area contributed by atoms with Gasteiger partial charge in [-0.2, -0.15) is 0 Å². The number of aromatic nitrogens is 3. The Labute approximate surface area is 355 Å². The van der Waals surface area contributed by atoms with Crippen LogP contribution in [0.1, 0.15) is 106 Å². The topological polar surface area (TPSA) is 237 Å². The maximum absolute atomic E-state index is 14.8. The molecule has 1 saturated heterocycles. The van der Waals surface area contributed by atoms with Crippen LogP contribution in [0.5, 0.6) is 5.75 Å². The van der Waals surface area contributed by atoms with Crippen molar-refractivity contribution in [2.24, 2.45) is 11.7 Å². The SMILES string of the molecule is COc1cccc(C(=O)N[C@H](CC2CCCCC2)C(=O)N2C[C@@H](n3nncc3C(C)(C)O)C[C@H]2C(=O)NC(/C=C/CCCCNC(=O)OCc2ccccc2)C(=O)C(N)=O)c1. The summed E-state index contributed by atoms with van der Waals surface area (Å²) in [6, 6.07) is 11.6. The molecular weight excluding hydrogens is 785 g/mol. The fraction of sp³-hybridized carbons (Fsp3) is 0.500. The van der Waals surface area contributed by atoms with Crippen molar-refractivity contribution in [1.29, 1.82) is 0 Å². The van der Waals surface area contributed by atoms with Gasteiger partial charge in [-0.3, -0.25) is 24.0 Å². The second kappa shape index (κ2) is 21.9. The summed E-state index contributed by atoms with van der Waals surface area (Å²) in [5.41, 5.74) is 5.57. The van der Waals surface area contributed by atoms with Crippen LogP contribution in [0.3, 0.4) is 0 Å². The van der Waals surface area contributed by atoms with Gasteiger partial charge in [-0.15, -0.1) is 5.10 Å². The molecule has 2 aliphatic rings. The number of methoxy groups -OCH3 is 1. The van der Waals surface area contributed by atoms with Crippen LogP contribution in [-0.4, -0.2) is 98.8 Å². The minimum absolute atomic E-state index is 0.0198. The van der Waals surface area contributed by atoms with E-state index in [0.29, 0.717) is 49.2 Å². The third-order valence-electron chi connectivity index (χ3n) is 11.1. The van der Waals surface area contributed by atoms with E-state index in [2.05, 4.69) is 26.3 Å². The molecule has 61 heavy (non-hydrogen) atoms. The lowest BCUT2D eigenvalue weighted by Crippen LogP contribution is -2.56. The molecule has 2 heterocycles. The van der Waals surface area contributed by atoms with Gasteiger partial charge in [0, 0.05) is 25.1 Å². The largest absolute Gasteiger partial charge is 0.497 e. The van der Waals surface area contributed by atoms with Crippen molar-refractivity contribution in [1.82, 2.24) is 35.8 Å². The number of carbonyl (C=O) groups is 6. The number of benzene rings is 2. The Kier molecular flexibility index (Phi) is 16.5. The van der Waals surface area contributed by atoms with Crippen molar-refractivity contribution in [3.63, 3.8) is 0 Å². The van der Waals surface area contributed by atoms with Gasteiger partial charge in [0.25, 0.3) is 11.8 Å². The van der Waals surface area contributed by atoms with Gasteiger partial charge in [0.05, 0.1) is 25.0 Å². The molecule has 2 aromatic carbocycles. The number of rotatable bonds is 20. The van der Waals surface area contributed by atoms with Gasteiger partial charge in [0.2, 0.25) is 17.6 Å². The highest BCUT2D eigenvalue weighted by Crippen LogP contribution is 2.33. The first-order valence-electron chi connectivity index (χ1n) is 20.9. The van der Waals surface area contributed by atoms with Crippen LogP contribution >= 0.6 is 0 Å². The monoisotopic (exact) mass is 842 g/mol. The van der Waals surface area contributed by atoms with Crippen LogP contribution in [-0.2, 0) is 36.1 Å². The number of unbranched alkanes of at least 4 members (excludes halogenated alkanes) is 2. The standard InChI is InChI=1S/C44H58N8O9/c1-44(2,59)37-26-47-50-52(37)32-25-36(51(27-32)42(57)35(23-29-15-8-6-9-16-29)49-40(55)31-19-14-20-33(24-31)60-3)41(56)48-34(38(53)39(45)54)21-12-4-5-13-22-46-43(58)61-28-30-17-10-7-11-18-30/h7,10-12,14,17-21,24,26,29,32,34-36,59H,4-6,8-9,13,15-16,22-23,25,27-28H2,1-3H3,(H2,45,54)(H,46,58)(H,48,56)(H,49,55)/b21-12+/t32-,34?,35+,36-/m0/s1. The van der Waals surface area contributed by atoms with E-state index in [4.69, 9.17) is 15.2 Å². The second-order valence-corrected chi connectivity index (χ2v) is 16.1. The lowest BCUT2D eigenvalue weighted by molar-refractivity contribution is -0.141. The molecule has 5 amide bonds. The minimum atomic E-state index is -1.43. The van der Waals surface area contributed by atoms with E-state index in [0.717, 1.165) is 37.7 Å². The fourth-order valence-electron chi connectivity index (χ4n) is 7.81. The lowest BCUT2D eigenvalue weighted by Gasteiger charge is -2.32. The van der Waals surface area contributed by atoms with Gasteiger partial charge in [-0.25, -0.2) is 9.48 Å². The number of nitrogens with one attached hydrogen (secondary N) is 3. The summed E-state index contributed by atoms with van der Waals surface area (Å²) in [7, 11) is 1.49. The normalized spacial score (nSPS) is 17.9. The first-order chi connectivity index (χ1) is 29.2. The minimum Gasteiger partial charge on any atom is -0.497 e. The molecule has 0 bridgehead atoms. The molecule has 4 atom stereocenters. The summed E-state index contributed by atoms with van der Waals surface area (Å²) in [6.45, 7) is 3.61. The van der Waals surface area contributed by atoms with Gasteiger partial charge in [0.1, 0.15) is 36.1 Å². The Morgan fingerprint density at radius 2 is 1.75 bits per heavy atom. The molecule has 2 fully saturated rings. The van der Waals surface area contributed by atoms with Crippen molar-refractivity contribution in [2.45, 2.75) is 114 Å². The number of likely N-dealkylation sites (tertiary alicyclic amines) is 1. The molecule has 3 aromatic rings. The zero-order valence-electron chi connectivity index (χ0n) is 35.1. The lowest BCUT2D eigenvalue weighted by atomic mass is 9.84. The Morgan fingerprint density at radius 3 is 2.46 bits per heavy atom. The zero-order chi connectivity index (χ0) is 43.9. The highest BCUT2D eigenvalue weighted by Gasteiger charge is 2.45. The van der Waals surface area contributed by atoms with Crippen molar-refractivity contribution in [3.05, 3.63) is 89.8 Å². The van der Waals surface area contributed by atoms with Gasteiger partial charge in [-0.1, -0.05) is 85.9 Å². The van der Waals surface area contributed by atoms with Crippen LogP contribution in [0, 0.1) is 5.92 Å². The van der Waals surface area contributed by atoms with Gasteiger partial charge in [0.15, 0.2) is 0 Å². The van der Waals surface area contributed by atoms with E-state index in [1.165, 1.54) is 29.0 Å². The first kappa shape index (κ1) is 46.0. The van der Waals surface area contributed by atoms with E-state index in [-0.39, 0.29) is 25.5 Å². The first-order valence-corrected chi connectivity index (χ1v) is 20.9. The van der Waals surface area contributed by atoms with Crippen LogP contribution < -0.4 is 26.4 Å². The smallest absolute Gasteiger partial charge is 0.407 e. The molecule has 17 heteroatoms. The maximum atomic E-state index is 14.8. The van der Waals surface area contributed by atoms with E-state index in [1.807, 2.05) is 30.3 Å². The molecule has 5 rings (SSSR count). The summed E-state index contributed by atoms with van der Waals surface area (Å²) < 4.78 is 12.0. The molecule has 0 radical (unpaired) electrons. The Balaban J connectivity index is 1.31. The summed E-state index contributed by atoms with van der Waals surface area (Å²) in [4.78, 5) is 81.5. The number of nitrogens with two attached hydrogens (primary N) is 1. The summed E-state index contributed by atoms with van der Waals surface area (Å²) >= 11 is 0. The van der Waals surface area contributed by atoms with E-state index in [9.17, 15) is 33.9 Å². The third-order valence-corrected chi connectivity index (χ3v) is 11.1. The molecule has 1 aliphatic heterocycles. The number of ether oxygens (including phenoxy) is 2. The highest BCUT2D eigenvalue weighted by atomic mass is 16.5. The average molecular weight is 843 g/mol. The Hall–Kier alpha value is -6.10.